The van der Waals surface area contributed by atoms with Crippen LogP contribution in [-0.2, 0) is 13.1 Å². The fourth-order valence-electron chi connectivity index (χ4n) is 2.23. The Morgan fingerprint density at radius 3 is 2.73 bits per heavy atom. The van der Waals surface area contributed by atoms with E-state index in [2.05, 4.69) is 38.1 Å². The van der Waals surface area contributed by atoms with Gasteiger partial charge in [-0.25, -0.2) is 9.97 Å². The maximum atomic E-state index is 9.07. The minimum absolute atomic E-state index is 0.519. The highest BCUT2D eigenvalue weighted by molar-refractivity contribution is 5.51. The lowest BCUT2D eigenvalue weighted by molar-refractivity contribution is 0.734. The van der Waals surface area contributed by atoms with Crippen molar-refractivity contribution in [3.63, 3.8) is 0 Å². The van der Waals surface area contributed by atoms with Crippen LogP contribution in [0.5, 0.6) is 0 Å². The van der Waals surface area contributed by atoms with Gasteiger partial charge in [-0.15, -0.1) is 0 Å². The molecule has 5 nitrogen and oxygen atoms in total. The van der Waals surface area contributed by atoms with E-state index in [0.29, 0.717) is 17.9 Å². The molecule has 0 aliphatic rings. The average Bonchev–Trinajstić information content (AvgIpc) is 3.01. The molecule has 2 heterocycles. The molecule has 108 valence electrons. The number of hydrogen-bond acceptors (Lipinski definition) is 4. The summed E-state index contributed by atoms with van der Waals surface area (Å²) < 4.78 is 2.08. The molecule has 2 aromatic heterocycles. The van der Waals surface area contributed by atoms with Crippen LogP contribution in [0.15, 0.2) is 61.1 Å². The van der Waals surface area contributed by atoms with Crippen LogP contribution in [0.1, 0.15) is 17.0 Å². The molecule has 0 aliphatic heterocycles. The first kappa shape index (κ1) is 13.8. The van der Waals surface area contributed by atoms with Gasteiger partial charge >= 0.3 is 0 Å². The highest BCUT2D eigenvalue weighted by Crippen LogP contribution is 2.12. The molecule has 0 atom stereocenters. The van der Waals surface area contributed by atoms with Crippen LogP contribution in [-0.4, -0.2) is 14.5 Å². The van der Waals surface area contributed by atoms with Crippen molar-refractivity contribution >= 4 is 5.82 Å². The van der Waals surface area contributed by atoms with E-state index in [-0.39, 0.29) is 0 Å². The number of nitrogens with zero attached hydrogens (tertiary/aromatic N) is 4. The van der Waals surface area contributed by atoms with Gasteiger partial charge in [-0.2, -0.15) is 5.26 Å². The van der Waals surface area contributed by atoms with E-state index in [1.165, 1.54) is 5.56 Å². The molecule has 0 unspecified atom stereocenters. The Balaban J connectivity index is 1.72. The topological polar surface area (TPSA) is 66.5 Å². The average molecular weight is 289 g/mol. The minimum Gasteiger partial charge on any atom is -0.362 e. The molecule has 5 heteroatoms. The second-order valence-corrected chi connectivity index (χ2v) is 4.82. The molecule has 0 spiro atoms. The van der Waals surface area contributed by atoms with Crippen LogP contribution in [0, 0.1) is 11.3 Å². The Kier molecular flexibility index (Phi) is 4.12. The van der Waals surface area contributed by atoms with Gasteiger partial charge in [-0.1, -0.05) is 30.3 Å². The second-order valence-electron chi connectivity index (χ2n) is 4.82. The molecule has 1 N–H and O–H groups in total. The summed E-state index contributed by atoms with van der Waals surface area (Å²) in [5.41, 5.74) is 1.75. The number of imidazole rings is 1. The van der Waals surface area contributed by atoms with Gasteiger partial charge < -0.3 is 9.88 Å². The predicted molar refractivity (Wildman–Crippen MR) is 84.0 cm³/mol. The Morgan fingerprint density at radius 2 is 1.91 bits per heavy atom. The summed E-state index contributed by atoms with van der Waals surface area (Å²) in [7, 11) is 0. The van der Waals surface area contributed by atoms with Gasteiger partial charge in [-0.3, -0.25) is 0 Å². The van der Waals surface area contributed by atoms with Crippen LogP contribution in [0.2, 0.25) is 0 Å². The van der Waals surface area contributed by atoms with E-state index in [1.807, 2.05) is 24.4 Å². The number of nitriles is 1. The standard InChI is InChI=1S/C17H15N5/c18-11-15-7-4-8-20-17(15)21-12-16-19-9-10-22(16)13-14-5-2-1-3-6-14/h1-10H,12-13H2,(H,20,21). The van der Waals surface area contributed by atoms with Gasteiger partial charge in [0, 0.05) is 25.1 Å². The van der Waals surface area contributed by atoms with E-state index >= 15 is 0 Å². The van der Waals surface area contributed by atoms with Gasteiger partial charge in [0.2, 0.25) is 0 Å². The maximum Gasteiger partial charge on any atom is 0.144 e. The molecule has 22 heavy (non-hydrogen) atoms. The van der Waals surface area contributed by atoms with E-state index in [0.717, 1.165) is 12.4 Å². The highest BCUT2D eigenvalue weighted by atomic mass is 15.1. The molecule has 3 rings (SSSR count). The lowest BCUT2D eigenvalue weighted by atomic mass is 10.2. The van der Waals surface area contributed by atoms with Crippen LogP contribution < -0.4 is 5.32 Å². The molecule has 0 aliphatic carbocycles. The Hall–Kier alpha value is -3.13. The van der Waals surface area contributed by atoms with Gasteiger partial charge in [0.1, 0.15) is 17.7 Å². The molecule has 1 aromatic carbocycles. The van der Waals surface area contributed by atoms with E-state index in [1.54, 1.807) is 24.5 Å². The first-order chi connectivity index (χ1) is 10.9. The van der Waals surface area contributed by atoms with E-state index in [4.69, 9.17) is 5.26 Å². The van der Waals surface area contributed by atoms with E-state index in [9.17, 15) is 0 Å². The number of pyridine rings is 1. The quantitative estimate of drug-likeness (QED) is 0.784. The zero-order chi connectivity index (χ0) is 15.2. The van der Waals surface area contributed by atoms with Gasteiger partial charge in [-0.05, 0) is 17.7 Å². The molecule has 3 aromatic rings. The fourth-order valence-corrected chi connectivity index (χ4v) is 2.23. The molecule has 0 radical (unpaired) electrons. The Bertz CT molecular complexity index is 786. The predicted octanol–water partition coefficient (Wildman–Crippen LogP) is 2.81. The number of anilines is 1. The lowest BCUT2D eigenvalue weighted by Crippen LogP contribution is -2.10. The van der Waals surface area contributed by atoms with Crippen molar-refractivity contribution in [1.29, 1.82) is 5.26 Å². The third-order valence-corrected chi connectivity index (χ3v) is 3.34. The highest BCUT2D eigenvalue weighted by Gasteiger charge is 2.06. The van der Waals surface area contributed by atoms with Crippen molar-refractivity contribution in [2.75, 3.05) is 5.32 Å². The summed E-state index contributed by atoms with van der Waals surface area (Å²) in [4.78, 5) is 8.56. The second kappa shape index (κ2) is 6.55. The molecule has 0 bridgehead atoms. The summed E-state index contributed by atoms with van der Waals surface area (Å²) >= 11 is 0. The smallest absolute Gasteiger partial charge is 0.144 e. The SMILES string of the molecule is N#Cc1cccnc1NCc1nccn1Cc1ccccc1. The van der Waals surface area contributed by atoms with Crippen LogP contribution in [0.3, 0.4) is 0 Å². The van der Waals surface area contributed by atoms with Crippen molar-refractivity contribution in [3.05, 3.63) is 78.0 Å². The largest absolute Gasteiger partial charge is 0.362 e. The van der Waals surface area contributed by atoms with Crippen molar-refractivity contribution in [2.45, 2.75) is 13.1 Å². The first-order valence-corrected chi connectivity index (χ1v) is 7.00. The number of hydrogen-bond donors (Lipinski definition) is 1. The van der Waals surface area contributed by atoms with Crippen molar-refractivity contribution in [3.8, 4) is 6.07 Å². The van der Waals surface area contributed by atoms with Crippen molar-refractivity contribution in [1.82, 2.24) is 14.5 Å². The third-order valence-electron chi connectivity index (χ3n) is 3.34. The van der Waals surface area contributed by atoms with Crippen LogP contribution in [0.25, 0.3) is 0 Å². The molecule has 0 fully saturated rings. The summed E-state index contributed by atoms with van der Waals surface area (Å²) in [6, 6.07) is 15.8. The van der Waals surface area contributed by atoms with Crippen molar-refractivity contribution in [2.24, 2.45) is 0 Å². The number of benzene rings is 1. The summed E-state index contributed by atoms with van der Waals surface area (Å²) in [5.74, 6) is 1.48. The van der Waals surface area contributed by atoms with Crippen LogP contribution >= 0.6 is 0 Å². The lowest BCUT2D eigenvalue weighted by Gasteiger charge is -2.10. The summed E-state index contributed by atoms with van der Waals surface area (Å²) in [5, 5.41) is 12.3. The van der Waals surface area contributed by atoms with E-state index < -0.39 is 0 Å². The zero-order valence-corrected chi connectivity index (χ0v) is 12.0. The van der Waals surface area contributed by atoms with Gasteiger partial charge in [0.25, 0.3) is 0 Å². The Morgan fingerprint density at radius 1 is 1.05 bits per heavy atom. The third kappa shape index (κ3) is 3.13. The summed E-state index contributed by atoms with van der Waals surface area (Å²) in [6.07, 6.45) is 5.40. The maximum absolute atomic E-state index is 9.07. The van der Waals surface area contributed by atoms with Gasteiger partial charge in [0.05, 0.1) is 12.1 Å². The zero-order valence-electron chi connectivity index (χ0n) is 12.0. The molecule has 0 saturated carbocycles. The molecular formula is C17H15N5. The minimum atomic E-state index is 0.519. The van der Waals surface area contributed by atoms with Gasteiger partial charge in [0.15, 0.2) is 0 Å². The summed E-state index contributed by atoms with van der Waals surface area (Å²) in [6.45, 7) is 1.29. The number of rotatable bonds is 5. The van der Waals surface area contributed by atoms with Crippen molar-refractivity contribution < 1.29 is 0 Å². The Labute approximate surface area is 128 Å². The molecule has 0 amide bonds. The molecular weight excluding hydrogens is 274 g/mol. The number of aromatic nitrogens is 3. The van der Waals surface area contributed by atoms with Crippen LogP contribution in [0.4, 0.5) is 5.82 Å². The molecule has 0 saturated heterocycles. The number of nitrogens with one attached hydrogen (secondary N) is 1. The monoisotopic (exact) mass is 289 g/mol. The fraction of sp³-hybridized carbons (Fsp3) is 0.118. The normalized spacial score (nSPS) is 10.1. The first-order valence-electron chi connectivity index (χ1n) is 7.00.